The Morgan fingerprint density at radius 3 is 2.35 bits per heavy atom. The maximum Gasteiger partial charge on any atom is 0.241 e. The number of nitrogens with one attached hydrogen (secondary N) is 1. The molecule has 1 aliphatic heterocycles. The van der Waals surface area contributed by atoms with E-state index >= 15 is 0 Å². The van der Waals surface area contributed by atoms with Gasteiger partial charge in [0.25, 0.3) is 0 Å². The van der Waals surface area contributed by atoms with Gasteiger partial charge in [0.15, 0.2) is 0 Å². The maximum atomic E-state index is 11.9. The van der Waals surface area contributed by atoms with Crippen LogP contribution in [0.5, 0.6) is 0 Å². The minimum atomic E-state index is 0.0584. The molecule has 4 heteroatoms. The Kier molecular flexibility index (Phi) is 2.25. The standard InChI is InChI=1S/C13H20N2O2/c1-13(2)9-6-15(7-10(9)13)11(16)5-14-12(17)8-3-4-8/h8-10H,3-7H2,1-2H3,(H,14,17). The third-order valence-electron chi connectivity index (χ3n) is 4.84. The number of fused-ring (bicyclic) bond motifs is 1. The fraction of sp³-hybridized carbons (Fsp3) is 0.846. The summed E-state index contributed by atoms with van der Waals surface area (Å²) in [7, 11) is 0. The second-order valence-electron chi connectivity index (χ2n) is 6.33. The molecular formula is C13H20N2O2. The highest BCUT2D eigenvalue weighted by Gasteiger charge is 2.62. The first-order valence-electron chi connectivity index (χ1n) is 6.55. The molecular weight excluding hydrogens is 216 g/mol. The van der Waals surface area contributed by atoms with Crippen LogP contribution in [0.15, 0.2) is 0 Å². The number of amides is 2. The summed E-state index contributed by atoms with van der Waals surface area (Å²) in [5, 5.41) is 2.74. The average molecular weight is 236 g/mol. The number of likely N-dealkylation sites (tertiary alicyclic amines) is 1. The van der Waals surface area contributed by atoms with E-state index in [1.807, 2.05) is 4.90 Å². The molecule has 1 N–H and O–H groups in total. The number of hydrogen-bond donors (Lipinski definition) is 1. The molecule has 3 aliphatic rings. The predicted molar refractivity (Wildman–Crippen MR) is 63.1 cm³/mol. The van der Waals surface area contributed by atoms with E-state index in [4.69, 9.17) is 0 Å². The number of hydrogen-bond acceptors (Lipinski definition) is 2. The van der Waals surface area contributed by atoms with Crippen molar-refractivity contribution in [3.63, 3.8) is 0 Å². The van der Waals surface area contributed by atoms with Gasteiger partial charge in [-0.1, -0.05) is 13.8 Å². The molecule has 0 aromatic carbocycles. The van der Waals surface area contributed by atoms with E-state index < -0.39 is 0 Å². The summed E-state index contributed by atoms with van der Waals surface area (Å²) in [5.41, 5.74) is 0.439. The normalized spacial score (nSPS) is 33.2. The lowest BCUT2D eigenvalue weighted by molar-refractivity contribution is -0.133. The molecule has 0 spiro atoms. The quantitative estimate of drug-likeness (QED) is 0.781. The van der Waals surface area contributed by atoms with Gasteiger partial charge < -0.3 is 10.2 Å². The molecule has 17 heavy (non-hydrogen) atoms. The average Bonchev–Trinajstić information content (AvgIpc) is 3.13. The molecule has 1 heterocycles. The van der Waals surface area contributed by atoms with Crippen LogP contribution in [-0.2, 0) is 9.59 Å². The van der Waals surface area contributed by atoms with E-state index in [0.717, 1.165) is 25.9 Å². The second kappa shape index (κ2) is 3.47. The van der Waals surface area contributed by atoms with Crippen LogP contribution in [0.1, 0.15) is 26.7 Å². The summed E-state index contributed by atoms with van der Waals surface area (Å²) in [6.45, 7) is 6.51. The molecule has 0 aromatic rings. The molecule has 2 aliphatic carbocycles. The topological polar surface area (TPSA) is 49.4 Å². The van der Waals surface area contributed by atoms with Gasteiger partial charge in [-0.3, -0.25) is 9.59 Å². The van der Waals surface area contributed by atoms with Crippen molar-refractivity contribution < 1.29 is 9.59 Å². The Morgan fingerprint density at radius 2 is 1.82 bits per heavy atom. The van der Waals surface area contributed by atoms with Gasteiger partial charge in [0.2, 0.25) is 11.8 Å². The zero-order valence-corrected chi connectivity index (χ0v) is 10.5. The number of piperidine rings is 1. The van der Waals surface area contributed by atoms with Crippen molar-refractivity contribution in [2.45, 2.75) is 26.7 Å². The van der Waals surface area contributed by atoms with Crippen LogP contribution in [-0.4, -0.2) is 36.3 Å². The first-order chi connectivity index (χ1) is 8.00. The molecule has 2 amide bonds. The Bertz CT molecular complexity index is 360. The lowest BCUT2D eigenvalue weighted by atomic mass is 10.1. The van der Waals surface area contributed by atoms with Gasteiger partial charge in [0.1, 0.15) is 0 Å². The molecule has 0 aromatic heterocycles. The lowest BCUT2D eigenvalue weighted by Crippen LogP contribution is -2.41. The van der Waals surface area contributed by atoms with E-state index in [1.165, 1.54) is 0 Å². The zero-order valence-electron chi connectivity index (χ0n) is 10.5. The minimum absolute atomic E-state index is 0.0584. The van der Waals surface area contributed by atoms with Gasteiger partial charge >= 0.3 is 0 Å². The van der Waals surface area contributed by atoms with E-state index in [2.05, 4.69) is 19.2 Å². The molecule has 4 nitrogen and oxygen atoms in total. The molecule has 2 unspecified atom stereocenters. The van der Waals surface area contributed by atoms with Crippen molar-refractivity contribution in [1.29, 1.82) is 0 Å². The third kappa shape index (κ3) is 1.83. The Balaban J connectivity index is 1.44. The number of nitrogens with zero attached hydrogens (tertiary/aromatic N) is 1. The molecule has 3 rings (SSSR count). The van der Waals surface area contributed by atoms with Crippen LogP contribution in [0.4, 0.5) is 0 Å². The van der Waals surface area contributed by atoms with E-state index in [1.54, 1.807) is 0 Å². The van der Waals surface area contributed by atoms with Crippen LogP contribution in [0.25, 0.3) is 0 Å². The van der Waals surface area contributed by atoms with Crippen molar-refractivity contribution in [1.82, 2.24) is 10.2 Å². The monoisotopic (exact) mass is 236 g/mol. The van der Waals surface area contributed by atoms with Crippen LogP contribution >= 0.6 is 0 Å². The summed E-state index contributed by atoms with van der Waals surface area (Å²) in [5.74, 6) is 1.70. The molecule has 3 fully saturated rings. The first kappa shape index (κ1) is 11.1. The highest BCUT2D eigenvalue weighted by molar-refractivity contribution is 5.87. The number of rotatable bonds is 3. The highest BCUT2D eigenvalue weighted by atomic mass is 16.2. The molecule has 94 valence electrons. The number of carbonyl (C=O) groups is 2. The van der Waals surface area contributed by atoms with Crippen molar-refractivity contribution in [3.05, 3.63) is 0 Å². The van der Waals surface area contributed by atoms with Crippen LogP contribution in [0, 0.1) is 23.2 Å². The fourth-order valence-corrected chi connectivity index (χ4v) is 3.10. The Hall–Kier alpha value is -1.06. The van der Waals surface area contributed by atoms with Gasteiger partial charge in [0.05, 0.1) is 6.54 Å². The second-order valence-corrected chi connectivity index (χ2v) is 6.33. The summed E-state index contributed by atoms with van der Waals surface area (Å²) in [6.07, 6.45) is 1.98. The third-order valence-corrected chi connectivity index (χ3v) is 4.84. The van der Waals surface area contributed by atoms with Crippen LogP contribution in [0.2, 0.25) is 0 Å². The largest absolute Gasteiger partial charge is 0.347 e. The van der Waals surface area contributed by atoms with Crippen molar-refractivity contribution in [3.8, 4) is 0 Å². The van der Waals surface area contributed by atoms with Gasteiger partial charge in [0, 0.05) is 19.0 Å². The van der Waals surface area contributed by atoms with E-state index in [9.17, 15) is 9.59 Å². The SMILES string of the molecule is CC1(C)C2CN(C(=O)CNC(=O)C3CC3)CC21. The van der Waals surface area contributed by atoms with Crippen molar-refractivity contribution in [2.24, 2.45) is 23.2 Å². The number of carbonyl (C=O) groups excluding carboxylic acids is 2. The Labute approximate surface area is 102 Å². The van der Waals surface area contributed by atoms with Crippen LogP contribution in [0.3, 0.4) is 0 Å². The molecule has 2 saturated carbocycles. The first-order valence-corrected chi connectivity index (χ1v) is 6.55. The molecule has 2 atom stereocenters. The maximum absolute atomic E-state index is 11.9. The van der Waals surface area contributed by atoms with Crippen LogP contribution < -0.4 is 5.32 Å². The van der Waals surface area contributed by atoms with Gasteiger partial charge in [-0.15, -0.1) is 0 Å². The fourth-order valence-electron chi connectivity index (χ4n) is 3.10. The molecule has 1 saturated heterocycles. The Morgan fingerprint density at radius 1 is 1.24 bits per heavy atom. The van der Waals surface area contributed by atoms with Gasteiger partial charge in [-0.05, 0) is 30.1 Å². The van der Waals surface area contributed by atoms with Crippen molar-refractivity contribution in [2.75, 3.05) is 19.6 Å². The summed E-state index contributed by atoms with van der Waals surface area (Å²) < 4.78 is 0. The lowest BCUT2D eigenvalue weighted by Gasteiger charge is -2.22. The van der Waals surface area contributed by atoms with E-state index in [-0.39, 0.29) is 24.3 Å². The summed E-state index contributed by atoms with van der Waals surface area (Å²) in [6, 6.07) is 0. The van der Waals surface area contributed by atoms with Gasteiger partial charge in [-0.25, -0.2) is 0 Å². The zero-order chi connectivity index (χ0) is 12.2. The molecule has 0 bridgehead atoms. The summed E-state index contributed by atoms with van der Waals surface area (Å²) >= 11 is 0. The van der Waals surface area contributed by atoms with Crippen molar-refractivity contribution >= 4 is 11.8 Å². The van der Waals surface area contributed by atoms with E-state index in [0.29, 0.717) is 17.3 Å². The smallest absolute Gasteiger partial charge is 0.241 e. The molecule has 0 radical (unpaired) electrons. The predicted octanol–water partition coefficient (Wildman–Crippen LogP) is 0.627. The summed E-state index contributed by atoms with van der Waals surface area (Å²) in [4.78, 5) is 25.2. The van der Waals surface area contributed by atoms with Gasteiger partial charge in [-0.2, -0.15) is 0 Å². The minimum Gasteiger partial charge on any atom is -0.347 e. The highest BCUT2D eigenvalue weighted by Crippen LogP contribution is 2.61.